The average molecular weight is 272 g/mol. The van der Waals surface area contributed by atoms with Gasteiger partial charge in [0.15, 0.2) is 11.5 Å². The Bertz CT molecular complexity index is 524. The van der Waals surface area contributed by atoms with Gasteiger partial charge in [-0.05, 0) is 37.0 Å². The van der Waals surface area contributed by atoms with Gasteiger partial charge in [0.25, 0.3) is 0 Å². The van der Waals surface area contributed by atoms with Crippen molar-refractivity contribution in [2.75, 3.05) is 13.3 Å². The number of piperidine rings is 1. The second kappa shape index (κ2) is 5.72. The van der Waals surface area contributed by atoms with E-state index in [1.807, 2.05) is 18.2 Å². The standard InChI is InChI=1S/C16H20N2O2/c1-2-13-5-3-4-8-18(13)14(10-17)12-6-7-15-16(9-12)20-11-19-15/h6-7,9,13-14H,2-5,8,11H2,1H3. The minimum atomic E-state index is -0.185. The van der Waals surface area contributed by atoms with Crippen molar-refractivity contribution in [3.05, 3.63) is 23.8 Å². The predicted molar refractivity (Wildman–Crippen MR) is 75.6 cm³/mol. The normalized spacial score (nSPS) is 23.3. The summed E-state index contributed by atoms with van der Waals surface area (Å²) in [6.45, 7) is 3.49. The first-order chi connectivity index (χ1) is 9.83. The molecule has 0 spiro atoms. The molecule has 0 saturated carbocycles. The third-order valence-electron chi connectivity index (χ3n) is 4.31. The highest BCUT2D eigenvalue weighted by Gasteiger charge is 2.29. The lowest BCUT2D eigenvalue weighted by atomic mass is 9.95. The minimum absolute atomic E-state index is 0.185. The molecule has 0 bridgehead atoms. The van der Waals surface area contributed by atoms with E-state index in [2.05, 4.69) is 17.9 Å². The van der Waals surface area contributed by atoms with Gasteiger partial charge < -0.3 is 9.47 Å². The van der Waals surface area contributed by atoms with Gasteiger partial charge in [-0.1, -0.05) is 19.4 Å². The fraction of sp³-hybridized carbons (Fsp3) is 0.562. The fourth-order valence-corrected chi connectivity index (χ4v) is 3.22. The van der Waals surface area contributed by atoms with Gasteiger partial charge in [-0.3, -0.25) is 4.90 Å². The number of nitrogens with zero attached hydrogens (tertiary/aromatic N) is 2. The van der Waals surface area contributed by atoms with Crippen LogP contribution >= 0.6 is 0 Å². The van der Waals surface area contributed by atoms with Crippen molar-refractivity contribution in [1.82, 2.24) is 4.90 Å². The monoisotopic (exact) mass is 272 g/mol. The number of fused-ring (bicyclic) bond motifs is 1. The minimum Gasteiger partial charge on any atom is -0.454 e. The molecule has 4 heteroatoms. The van der Waals surface area contributed by atoms with Gasteiger partial charge in [0.05, 0.1) is 6.07 Å². The Hall–Kier alpha value is -1.73. The Morgan fingerprint density at radius 1 is 1.35 bits per heavy atom. The summed E-state index contributed by atoms with van der Waals surface area (Å²) < 4.78 is 10.8. The van der Waals surface area contributed by atoms with Gasteiger partial charge in [0, 0.05) is 12.6 Å². The van der Waals surface area contributed by atoms with E-state index >= 15 is 0 Å². The molecule has 0 aliphatic carbocycles. The van der Waals surface area contributed by atoms with Crippen LogP contribution in [0.15, 0.2) is 18.2 Å². The molecule has 0 aromatic heterocycles. The van der Waals surface area contributed by atoms with Gasteiger partial charge in [0.2, 0.25) is 6.79 Å². The van der Waals surface area contributed by atoms with Crippen molar-refractivity contribution in [3.63, 3.8) is 0 Å². The van der Waals surface area contributed by atoms with Crippen molar-refractivity contribution >= 4 is 0 Å². The number of rotatable bonds is 3. The van der Waals surface area contributed by atoms with Gasteiger partial charge >= 0.3 is 0 Å². The Labute approximate surface area is 119 Å². The molecule has 2 atom stereocenters. The van der Waals surface area contributed by atoms with Gasteiger partial charge in [-0.2, -0.15) is 5.26 Å². The first kappa shape index (κ1) is 13.3. The van der Waals surface area contributed by atoms with E-state index in [4.69, 9.17) is 9.47 Å². The summed E-state index contributed by atoms with van der Waals surface area (Å²) in [6.07, 6.45) is 4.75. The van der Waals surface area contributed by atoms with Crippen molar-refractivity contribution in [2.45, 2.75) is 44.7 Å². The Morgan fingerprint density at radius 2 is 2.20 bits per heavy atom. The average Bonchev–Trinajstić information content (AvgIpc) is 2.96. The lowest BCUT2D eigenvalue weighted by Gasteiger charge is -2.38. The van der Waals surface area contributed by atoms with Crippen LogP contribution in [0, 0.1) is 11.3 Å². The van der Waals surface area contributed by atoms with E-state index in [1.165, 1.54) is 19.3 Å². The van der Waals surface area contributed by atoms with Crippen LogP contribution in [-0.4, -0.2) is 24.3 Å². The van der Waals surface area contributed by atoms with Crippen LogP contribution in [0.2, 0.25) is 0 Å². The Morgan fingerprint density at radius 3 is 3.00 bits per heavy atom. The molecule has 0 amide bonds. The van der Waals surface area contributed by atoms with Crippen LogP contribution in [0.3, 0.4) is 0 Å². The van der Waals surface area contributed by atoms with Crippen molar-refractivity contribution in [3.8, 4) is 17.6 Å². The van der Waals surface area contributed by atoms with Crippen molar-refractivity contribution < 1.29 is 9.47 Å². The molecule has 2 aliphatic rings. The number of ether oxygens (including phenoxy) is 2. The zero-order chi connectivity index (χ0) is 13.9. The van der Waals surface area contributed by atoms with E-state index in [9.17, 15) is 5.26 Å². The lowest BCUT2D eigenvalue weighted by molar-refractivity contribution is 0.116. The van der Waals surface area contributed by atoms with Crippen LogP contribution in [0.1, 0.15) is 44.2 Å². The summed E-state index contributed by atoms with van der Waals surface area (Å²) in [7, 11) is 0. The number of hydrogen-bond acceptors (Lipinski definition) is 4. The molecule has 0 radical (unpaired) electrons. The predicted octanol–water partition coefficient (Wildman–Crippen LogP) is 3.24. The summed E-state index contributed by atoms with van der Waals surface area (Å²) in [4.78, 5) is 2.35. The molecule has 2 unspecified atom stereocenters. The maximum absolute atomic E-state index is 9.63. The number of likely N-dealkylation sites (tertiary alicyclic amines) is 1. The summed E-state index contributed by atoms with van der Waals surface area (Å²) in [5, 5.41) is 9.63. The molecule has 4 nitrogen and oxygen atoms in total. The van der Waals surface area contributed by atoms with Crippen LogP contribution in [0.5, 0.6) is 11.5 Å². The molecular formula is C16H20N2O2. The molecule has 2 aliphatic heterocycles. The molecule has 1 fully saturated rings. The van der Waals surface area contributed by atoms with Gasteiger partial charge in [0.1, 0.15) is 6.04 Å². The maximum atomic E-state index is 9.63. The Kier molecular flexibility index (Phi) is 3.79. The zero-order valence-electron chi connectivity index (χ0n) is 11.8. The highest BCUT2D eigenvalue weighted by molar-refractivity contribution is 5.46. The van der Waals surface area contributed by atoms with Gasteiger partial charge in [-0.25, -0.2) is 0 Å². The molecule has 3 rings (SSSR count). The van der Waals surface area contributed by atoms with E-state index < -0.39 is 0 Å². The van der Waals surface area contributed by atoms with Crippen LogP contribution < -0.4 is 9.47 Å². The second-order valence-electron chi connectivity index (χ2n) is 5.44. The molecule has 0 N–H and O–H groups in total. The molecule has 1 saturated heterocycles. The fourth-order valence-electron chi connectivity index (χ4n) is 3.22. The quantitative estimate of drug-likeness (QED) is 0.847. The molecule has 1 aromatic carbocycles. The zero-order valence-corrected chi connectivity index (χ0v) is 11.8. The highest BCUT2D eigenvalue weighted by Crippen LogP contribution is 2.37. The molecule has 20 heavy (non-hydrogen) atoms. The van der Waals surface area contributed by atoms with E-state index in [-0.39, 0.29) is 12.8 Å². The number of hydrogen-bond donors (Lipinski definition) is 0. The van der Waals surface area contributed by atoms with Crippen LogP contribution in [0.4, 0.5) is 0 Å². The topological polar surface area (TPSA) is 45.5 Å². The lowest BCUT2D eigenvalue weighted by Crippen LogP contribution is -2.41. The SMILES string of the molecule is CCC1CCCCN1C(C#N)c1ccc2c(c1)OCO2. The molecular weight excluding hydrogens is 252 g/mol. The first-order valence-electron chi connectivity index (χ1n) is 7.38. The van der Waals surface area contributed by atoms with E-state index in [0.29, 0.717) is 6.04 Å². The van der Waals surface area contributed by atoms with E-state index in [1.54, 1.807) is 0 Å². The summed E-state index contributed by atoms with van der Waals surface area (Å²) in [5.74, 6) is 1.53. The molecule has 2 heterocycles. The smallest absolute Gasteiger partial charge is 0.231 e. The summed E-state index contributed by atoms with van der Waals surface area (Å²) in [5.41, 5.74) is 1.01. The molecule has 106 valence electrons. The number of benzene rings is 1. The third-order valence-corrected chi connectivity index (χ3v) is 4.31. The number of nitriles is 1. The highest BCUT2D eigenvalue weighted by atomic mass is 16.7. The van der Waals surface area contributed by atoms with Crippen LogP contribution in [-0.2, 0) is 0 Å². The largest absolute Gasteiger partial charge is 0.454 e. The maximum Gasteiger partial charge on any atom is 0.231 e. The Balaban J connectivity index is 1.87. The van der Waals surface area contributed by atoms with Gasteiger partial charge in [-0.15, -0.1) is 0 Å². The third kappa shape index (κ3) is 2.34. The summed E-state index contributed by atoms with van der Waals surface area (Å²) >= 11 is 0. The molecule has 1 aromatic rings. The first-order valence-corrected chi connectivity index (χ1v) is 7.38. The second-order valence-corrected chi connectivity index (χ2v) is 5.44. The van der Waals surface area contributed by atoms with Crippen LogP contribution in [0.25, 0.3) is 0 Å². The van der Waals surface area contributed by atoms with E-state index in [0.717, 1.165) is 30.0 Å². The van der Waals surface area contributed by atoms with Crippen molar-refractivity contribution in [2.24, 2.45) is 0 Å². The van der Waals surface area contributed by atoms with Crippen molar-refractivity contribution in [1.29, 1.82) is 5.26 Å². The summed E-state index contributed by atoms with van der Waals surface area (Å²) in [6, 6.07) is 8.65.